The normalized spacial score (nSPS) is 7.40. The molecule has 0 unspecified atom stereocenters. The van der Waals surface area contributed by atoms with E-state index in [4.69, 9.17) is 10.2 Å². The van der Waals surface area contributed by atoms with Gasteiger partial charge < -0.3 is 13.1 Å². The quantitative estimate of drug-likeness (QED) is 0.282. The first kappa shape index (κ1) is 17.5. The molecule has 7 heteroatoms. The molecular formula is C3H5BrNa2O4. The van der Waals surface area contributed by atoms with Crippen LogP contribution in [0.1, 0.15) is 2.85 Å². The molecule has 50 valence electrons. The summed E-state index contributed by atoms with van der Waals surface area (Å²) in [6, 6.07) is 0. The molecule has 0 aliphatic rings. The summed E-state index contributed by atoms with van der Waals surface area (Å²) in [7, 11) is 0. The number of aliphatic carboxylic acids is 2. The summed E-state index contributed by atoms with van der Waals surface area (Å²) in [4.78, 5) is 17.9. The Morgan fingerprint density at radius 2 is 1.40 bits per heavy atom. The van der Waals surface area contributed by atoms with Gasteiger partial charge in [-0.3, -0.25) is 9.59 Å². The van der Waals surface area contributed by atoms with E-state index in [0.717, 1.165) is 0 Å². The van der Waals surface area contributed by atoms with Crippen molar-refractivity contribution in [3.8, 4) is 0 Å². The van der Waals surface area contributed by atoms with Gasteiger partial charge in [-0.05, 0) is 0 Å². The van der Waals surface area contributed by atoms with E-state index in [0.29, 0.717) is 0 Å². The molecule has 4 nitrogen and oxygen atoms in total. The molecule has 0 atom stereocenters. The molecule has 0 amide bonds. The summed E-state index contributed by atoms with van der Waals surface area (Å²) in [6.07, 6.45) is 0. The van der Waals surface area contributed by atoms with Crippen LogP contribution in [0.5, 0.6) is 0 Å². The van der Waals surface area contributed by atoms with Crippen LogP contribution >= 0.6 is 15.9 Å². The van der Waals surface area contributed by atoms with Crippen LogP contribution in [0.4, 0.5) is 0 Å². The zero-order valence-corrected chi connectivity index (χ0v) is 11.3. The van der Waals surface area contributed by atoms with Gasteiger partial charge in [0.05, 0.1) is 0 Å². The third-order valence-electron chi connectivity index (χ3n) is 0.434. The molecule has 0 aromatic rings. The van der Waals surface area contributed by atoms with Crippen molar-refractivity contribution < 1.29 is 81.8 Å². The summed E-state index contributed by atoms with van der Waals surface area (Å²) in [5, 5.41) is 15.8. The maximum absolute atomic E-state index is 9.71. The summed E-state index contributed by atoms with van der Waals surface area (Å²) in [5.41, 5.74) is 0. The predicted molar refractivity (Wildman–Crippen MR) is 30.2 cm³/mol. The van der Waals surface area contributed by atoms with Crippen LogP contribution in [0.15, 0.2) is 0 Å². The molecule has 0 fully saturated rings. The number of rotatable bonds is 2. The molecule has 0 aromatic heterocycles. The molecule has 0 aliphatic heterocycles. The van der Waals surface area contributed by atoms with Gasteiger partial charge in [0.2, 0.25) is 4.83 Å². The number of carboxylic acid groups (broad SMARTS) is 2. The van der Waals surface area contributed by atoms with E-state index in [1.807, 2.05) is 0 Å². The van der Waals surface area contributed by atoms with Gasteiger partial charge in [-0.25, -0.2) is 0 Å². The fraction of sp³-hybridized carbons (Fsp3) is 0.333. The predicted octanol–water partition coefficient (Wildman–Crippen LogP) is -5.85. The SMILES string of the molecule is O=C(O)C(Br)C(=O)O.[H-].[H-].[Na+].[Na+]. The largest absolute Gasteiger partial charge is 1.00 e. The fourth-order valence-electron chi connectivity index (χ4n) is 0.106. The smallest absolute Gasteiger partial charge is 1.00 e. The molecule has 0 radical (unpaired) electrons. The van der Waals surface area contributed by atoms with Crippen molar-refractivity contribution in [3.05, 3.63) is 0 Å². The summed E-state index contributed by atoms with van der Waals surface area (Å²) in [6.45, 7) is 0. The fourth-order valence-corrected chi connectivity index (χ4v) is 0.106. The Bertz CT molecular complexity index is 121. The number of hydrogen-bond donors (Lipinski definition) is 2. The van der Waals surface area contributed by atoms with Crippen molar-refractivity contribution in [3.63, 3.8) is 0 Å². The van der Waals surface area contributed by atoms with E-state index in [1.165, 1.54) is 0 Å². The standard InChI is InChI=1S/C3H3BrO4.2Na.2H/c4-1(2(5)6)3(7)8;;;;/h1H,(H,5,6)(H,7,8);;;;/q;2*+1;2*-1. The Kier molecular flexibility index (Phi) is 14.9. The topological polar surface area (TPSA) is 74.6 Å². The average molecular weight is 231 g/mol. The van der Waals surface area contributed by atoms with Crippen molar-refractivity contribution in [2.45, 2.75) is 4.83 Å². The summed E-state index contributed by atoms with van der Waals surface area (Å²) >= 11 is 2.41. The molecule has 0 rings (SSSR count). The summed E-state index contributed by atoms with van der Waals surface area (Å²) in [5.74, 6) is -2.78. The molecule has 0 saturated carbocycles. The van der Waals surface area contributed by atoms with Gasteiger partial charge in [0.15, 0.2) is 0 Å². The van der Waals surface area contributed by atoms with E-state index in [1.54, 1.807) is 0 Å². The molecule has 0 spiro atoms. The monoisotopic (exact) mass is 230 g/mol. The van der Waals surface area contributed by atoms with Gasteiger partial charge in [-0.2, -0.15) is 0 Å². The van der Waals surface area contributed by atoms with Crippen molar-refractivity contribution in [1.29, 1.82) is 0 Å². The molecule has 0 aromatic carbocycles. The van der Waals surface area contributed by atoms with Crippen LogP contribution in [0.2, 0.25) is 0 Å². The van der Waals surface area contributed by atoms with Gasteiger partial charge in [0.1, 0.15) is 0 Å². The Balaban J connectivity index is -0.0000000408. The Morgan fingerprint density at radius 1 is 1.20 bits per heavy atom. The second-order valence-electron chi connectivity index (χ2n) is 1.04. The Morgan fingerprint density at radius 3 is 1.40 bits per heavy atom. The minimum Gasteiger partial charge on any atom is -1.00 e. The second kappa shape index (κ2) is 8.52. The number of carbonyl (C=O) groups is 2. The third-order valence-corrected chi connectivity index (χ3v) is 1.22. The van der Waals surface area contributed by atoms with Gasteiger partial charge in [0, 0.05) is 0 Å². The minimum absolute atomic E-state index is 0. The van der Waals surface area contributed by atoms with Crippen molar-refractivity contribution in [1.82, 2.24) is 0 Å². The molecule has 10 heavy (non-hydrogen) atoms. The van der Waals surface area contributed by atoms with Crippen molar-refractivity contribution >= 4 is 27.9 Å². The van der Waals surface area contributed by atoms with Crippen LogP contribution in [0.25, 0.3) is 0 Å². The van der Waals surface area contributed by atoms with Crippen molar-refractivity contribution in [2.75, 3.05) is 0 Å². The number of alkyl halides is 1. The zero-order valence-electron chi connectivity index (χ0n) is 7.67. The molecule has 0 saturated heterocycles. The van der Waals surface area contributed by atoms with Gasteiger partial charge >= 0.3 is 71.1 Å². The Hall–Kier alpha value is 1.42. The van der Waals surface area contributed by atoms with Crippen LogP contribution in [-0.2, 0) is 9.59 Å². The Labute approximate surface area is 113 Å². The zero-order chi connectivity index (χ0) is 6.73. The van der Waals surface area contributed by atoms with Crippen LogP contribution < -0.4 is 59.1 Å². The molecule has 0 aliphatic carbocycles. The van der Waals surface area contributed by atoms with Gasteiger partial charge in [0.25, 0.3) is 0 Å². The number of carboxylic acids is 2. The maximum atomic E-state index is 9.71. The van der Waals surface area contributed by atoms with Gasteiger partial charge in [-0.15, -0.1) is 0 Å². The molecule has 0 bridgehead atoms. The molecular weight excluding hydrogens is 226 g/mol. The number of halogens is 1. The maximum Gasteiger partial charge on any atom is 1.00 e. The first-order valence-electron chi connectivity index (χ1n) is 1.65. The van der Waals surface area contributed by atoms with E-state index < -0.39 is 16.8 Å². The van der Waals surface area contributed by atoms with E-state index in [9.17, 15) is 9.59 Å². The second-order valence-corrected chi connectivity index (χ2v) is 1.95. The van der Waals surface area contributed by atoms with Gasteiger partial charge in [-0.1, -0.05) is 15.9 Å². The third kappa shape index (κ3) is 7.53. The molecule has 0 heterocycles. The molecule has 2 N–H and O–H groups in total. The van der Waals surface area contributed by atoms with Crippen LogP contribution in [0.3, 0.4) is 0 Å². The van der Waals surface area contributed by atoms with E-state index in [2.05, 4.69) is 15.9 Å². The number of hydrogen-bond acceptors (Lipinski definition) is 2. The van der Waals surface area contributed by atoms with Crippen molar-refractivity contribution in [2.24, 2.45) is 0 Å². The van der Waals surface area contributed by atoms with E-state index >= 15 is 0 Å². The first-order chi connectivity index (χ1) is 3.55. The average Bonchev–Trinajstić information content (AvgIpc) is 1.64. The first-order valence-corrected chi connectivity index (χ1v) is 2.57. The minimum atomic E-state index is -1.48. The van der Waals surface area contributed by atoms with Crippen LogP contribution in [-0.4, -0.2) is 27.0 Å². The van der Waals surface area contributed by atoms with Crippen LogP contribution in [0, 0.1) is 0 Å². The van der Waals surface area contributed by atoms with E-state index in [-0.39, 0.29) is 62.0 Å². The summed E-state index contributed by atoms with van der Waals surface area (Å²) < 4.78 is 0.